The third-order valence-electron chi connectivity index (χ3n) is 4.20. The van der Waals surface area contributed by atoms with Crippen LogP contribution in [0.2, 0.25) is 0 Å². The first-order valence-corrected chi connectivity index (χ1v) is 7.92. The van der Waals surface area contributed by atoms with Crippen molar-refractivity contribution in [1.82, 2.24) is 14.9 Å². The first-order valence-electron chi connectivity index (χ1n) is 7.92. The molecule has 24 heavy (non-hydrogen) atoms. The molecule has 7 nitrogen and oxygen atoms in total. The fraction of sp³-hybridized carbons (Fsp3) is 0.353. The first kappa shape index (κ1) is 16.2. The summed E-state index contributed by atoms with van der Waals surface area (Å²) in [4.78, 5) is 24.2. The van der Waals surface area contributed by atoms with E-state index in [9.17, 15) is 9.90 Å². The van der Waals surface area contributed by atoms with Crippen LogP contribution in [0.25, 0.3) is 0 Å². The minimum atomic E-state index is -0.879. The van der Waals surface area contributed by atoms with Crippen LogP contribution in [0.5, 0.6) is 0 Å². The van der Waals surface area contributed by atoms with Gasteiger partial charge >= 0.3 is 5.97 Å². The molecule has 126 valence electrons. The number of aryl methyl sites for hydroxylation is 1. The zero-order valence-electron chi connectivity index (χ0n) is 13.6. The summed E-state index contributed by atoms with van der Waals surface area (Å²) in [6.45, 7) is 5.88. The van der Waals surface area contributed by atoms with E-state index in [1.807, 2.05) is 25.1 Å². The van der Waals surface area contributed by atoms with Gasteiger partial charge in [0.15, 0.2) is 0 Å². The molecule has 2 heterocycles. The summed E-state index contributed by atoms with van der Waals surface area (Å²) in [6, 6.07) is 9.10. The Morgan fingerprint density at radius 1 is 1.21 bits per heavy atom. The zero-order chi connectivity index (χ0) is 17.1. The van der Waals surface area contributed by atoms with Crippen molar-refractivity contribution in [3.63, 3.8) is 0 Å². The molecule has 0 bridgehead atoms. The van der Waals surface area contributed by atoms with Crippen molar-refractivity contribution in [2.75, 3.05) is 36.8 Å². The van der Waals surface area contributed by atoms with Gasteiger partial charge in [-0.25, -0.2) is 9.78 Å². The smallest absolute Gasteiger partial charge is 0.336 e. The van der Waals surface area contributed by atoms with Crippen molar-refractivity contribution in [1.29, 1.82) is 0 Å². The Morgan fingerprint density at radius 2 is 1.92 bits per heavy atom. The van der Waals surface area contributed by atoms with Crippen molar-refractivity contribution in [2.24, 2.45) is 0 Å². The summed E-state index contributed by atoms with van der Waals surface area (Å²) in [6.07, 6.45) is 0. The highest BCUT2D eigenvalue weighted by atomic mass is 16.4. The maximum atomic E-state index is 11.3. The maximum Gasteiger partial charge on any atom is 0.336 e. The van der Waals surface area contributed by atoms with E-state index in [-0.39, 0.29) is 0 Å². The second-order valence-corrected chi connectivity index (χ2v) is 5.95. The van der Waals surface area contributed by atoms with Crippen molar-refractivity contribution in [2.45, 2.75) is 13.5 Å². The minimum Gasteiger partial charge on any atom is -0.478 e. The number of anilines is 2. The summed E-state index contributed by atoms with van der Waals surface area (Å²) in [7, 11) is 0. The molecule has 0 radical (unpaired) electrons. The lowest BCUT2D eigenvalue weighted by Gasteiger charge is -2.35. The van der Waals surface area contributed by atoms with Gasteiger partial charge in [-0.05, 0) is 18.6 Å². The molecule has 1 aliphatic rings. The molecule has 1 saturated heterocycles. The van der Waals surface area contributed by atoms with Crippen LogP contribution in [0.1, 0.15) is 21.6 Å². The summed E-state index contributed by atoms with van der Waals surface area (Å²) < 4.78 is 0. The molecule has 0 unspecified atom stereocenters. The molecule has 0 aliphatic carbocycles. The Bertz CT molecular complexity index is 721. The molecule has 3 N–H and O–H groups in total. The number of nitrogens with zero attached hydrogens (tertiary/aromatic N) is 4. The number of nitrogen functional groups attached to an aromatic ring is 1. The quantitative estimate of drug-likeness (QED) is 0.876. The number of carboxylic acid groups (broad SMARTS) is 1. The van der Waals surface area contributed by atoms with E-state index in [4.69, 9.17) is 5.73 Å². The highest BCUT2D eigenvalue weighted by Crippen LogP contribution is 2.18. The van der Waals surface area contributed by atoms with Crippen molar-refractivity contribution in [3.8, 4) is 0 Å². The fourth-order valence-electron chi connectivity index (χ4n) is 2.98. The van der Waals surface area contributed by atoms with Gasteiger partial charge in [0.1, 0.15) is 5.82 Å². The molecule has 0 atom stereocenters. The molecule has 3 rings (SSSR count). The van der Waals surface area contributed by atoms with Crippen LogP contribution in [0.4, 0.5) is 11.8 Å². The van der Waals surface area contributed by atoms with E-state index in [1.165, 1.54) is 0 Å². The summed E-state index contributed by atoms with van der Waals surface area (Å²) in [5.74, 6) is 0.268. The molecule has 0 amide bonds. The Morgan fingerprint density at radius 3 is 2.58 bits per heavy atom. The van der Waals surface area contributed by atoms with Crippen molar-refractivity contribution >= 4 is 17.7 Å². The van der Waals surface area contributed by atoms with Gasteiger partial charge in [-0.1, -0.05) is 18.2 Å². The van der Waals surface area contributed by atoms with Crippen LogP contribution < -0.4 is 10.6 Å². The number of hydrogen-bond acceptors (Lipinski definition) is 6. The van der Waals surface area contributed by atoms with Crippen LogP contribution in [0, 0.1) is 6.92 Å². The number of aromatic nitrogens is 2. The van der Waals surface area contributed by atoms with E-state index < -0.39 is 5.97 Å². The van der Waals surface area contributed by atoms with Crippen molar-refractivity contribution in [3.05, 3.63) is 47.2 Å². The number of rotatable bonds is 4. The van der Waals surface area contributed by atoms with Crippen LogP contribution >= 0.6 is 0 Å². The van der Waals surface area contributed by atoms with Gasteiger partial charge in [-0.3, -0.25) is 4.90 Å². The molecule has 1 fully saturated rings. The van der Waals surface area contributed by atoms with Crippen LogP contribution in [-0.2, 0) is 6.54 Å². The highest BCUT2D eigenvalue weighted by molar-refractivity contribution is 5.89. The summed E-state index contributed by atoms with van der Waals surface area (Å²) >= 11 is 0. The highest BCUT2D eigenvalue weighted by Gasteiger charge is 2.20. The predicted molar refractivity (Wildman–Crippen MR) is 92.1 cm³/mol. The van der Waals surface area contributed by atoms with Crippen LogP contribution in [0.15, 0.2) is 30.3 Å². The third-order valence-corrected chi connectivity index (χ3v) is 4.20. The Labute approximate surface area is 140 Å². The lowest BCUT2D eigenvalue weighted by molar-refractivity contribution is 0.0694. The second-order valence-electron chi connectivity index (χ2n) is 5.95. The summed E-state index contributed by atoms with van der Waals surface area (Å²) in [5.41, 5.74) is 7.80. The lowest BCUT2D eigenvalue weighted by atomic mass is 10.1. The van der Waals surface area contributed by atoms with Gasteiger partial charge in [0.25, 0.3) is 0 Å². The minimum absolute atomic E-state index is 0.294. The average Bonchev–Trinajstić information content (AvgIpc) is 2.55. The monoisotopic (exact) mass is 327 g/mol. The van der Waals surface area contributed by atoms with Gasteiger partial charge in [-0.15, -0.1) is 0 Å². The SMILES string of the molecule is Cc1cc(N2CCN(Cc3ccccc3C(=O)O)CC2)nc(N)n1. The van der Waals surface area contributed by atoms with E-state index >= 15 is 0 Å². The molecule has 1 aromatic heterocycles. The third kappa shape index (κ3) is 3.62. The Kier molecular flexibility index (Phi) is 4.61. The maximum absolute atomic E-state index is 11.3. The van der Waals surface area contributed by atoms with Crippen LogP contribution in [-0.4, -0.2) is 52.1 Å². The first-order chi connectivity index (χ1) is 11.5. The van der Waals surface area contributed by atoms with Gasteiger partial charge in [0, 0.05) is 44.5 Å². The number of hydrogen-bond donors (Lipinski definition) is 2. The van der Waals surface area contributed by atoms with E-state index in [1.54, 1.807) is 12.1 Å². The largest absolute Gasteiger partial charge is 0.478 e. The topological polar surface area (TPSA) is 95.6 Å². The fourth-order valence-corrected chi connectivity index (χ4v) is 2.98. The number of nitrogens with two attached hydrogens (primary N) is 1. The van der Waals surface area contributed by atoms with Gasteiger partial charge in [-0.2, -0.15) is 4.98 Å². The number of benzene rings is 1. The summed E-state index contributed by atoms with van der Waals surface area (Å²) in [5, 5.41) is 9.29. The van der Waals surface area contributed by atoms with Crippen LogP contribution in [0.3, 0.4) is 0 Å². The van der Waals surface area contributed by atoms with E-state index in [0.717, 1.165) is 43.3 Å². The van der Waals surface area contributed by atoms with Gasteiger partial charge < -0.3 is 15.7 Å². The molecule has 1 aliphatic heterocycles. The normalized spacial score (nSPS) is 15.5. The Hall–Kier alpha value is -2.67. The van der Waals surface area contributed by atoms with Gasteiger partial charge in [0.2, 0.25) is 5.95 Å². The molecular weight excluding hydrogens is 306 g/mol. The average molecular weight is 327 g/mol. The van der Waals surface area contributed by atoms with E-state index in [0.29, 0.717) is 18.1 Å². The van der Waals surface area contributed by atoms with Gasteiger partial charge in [0.05, 0.1) is 5.56 Å². The lowest BCUT2D eigenvalue weighted by Crippen LogP contribution is -2.46. The number of carbonyl (C=O) groups is 1. The standard InChI is InChI=1S/C17H21N5O2/c1-12-10-15(20-17(18)19-12)22-8-6-21(7-9-22)11-13-4-2-3-5-14(13)16(23)24/h2-5,10H,6-9,11H2,1H3,(H,23,24)(H2,18,19,20). The molecule has 0 spiro atoms. The van der Waals surface area contributed by atoms with E-state index in [2.05, 4.69) is 19.8 Å². The molecule has 2 aromatic rings. The Balaban J connectivity index is 1.64. The predicted octanol–water partition coefficient (Wildman–Crippen LogP) is 1.39. The second kappa shape index (κ2) is 6.84. The number of aromatic carboxylic acids is 1. The molecule has 1 aromatic carbocycles. The molecular formula is C17H21N5O2. The molecule has 7 heteroatoms. The molecule has 0 saturated carbocycles. The van der Waals surface area contributed by atoms with Crippen molar-refractivity contribution < 1.29 is 9.90 Å². The number of carboxylic acids is 1. The zero-order valence-corrected chi connectivity index (χ0v) is 13.6. The number of piperazine rings is 1.